The van der Waals surface area contributed by atoms with Crippen LogP contribution in [0.1, 0.15) is 30.5 Å². The van der Waals surface area contributed by atoms with Gasteiger partial charge in [0.2, 0.25) is 0 Å². The zero-order valence-electron chi connectivity index (χ0n) is 10.6. The standard InChI is InChI=1S/C13H17NO2S/c1-10-7-8-11(17-10)6-5-9-14-12(15)16-13(2,3)4/h7-8H,9H2,1-4H3,(H,14,15). The molecule has 0 atom stereocenters. The van der Waals surface area contributed by atoms with E-state index in [4.69, 9.17) is 4.74 Å². The molecule has 0 unspecified atom stereocenters. The zero-order valence-corrected chi connectivity index (χ0v) is 11.4. The van der Waals surface area contributed by atoms with Crippen molar-refractivity contribution in [2.24, 2.45) is 0 Å². The van der Waals surface area contributed by atoms with E-state index >= 15 is 0 Å². The molecular weight excluding hydrogens is 234 g/mol. The van der Waals surface area contributed by atoms with Crippen molar-refractivity contribution in [1.29, 1.82) is 0 Å². The molecule has 0 saturated carbocycles. The second kappa shape index (κ2) is 5.74. The van der Waals surface area contributed by atoms with Crippen LogP contribution in [0.25, 0.3) is 0 Å². The highest BCUT2D eigenvalue weighted by Crippen LogP contribution is 2.12. The monoisotopic (exact) mass is 251 g/mol. The van der Waals surface area contributed by atoms with Crippen molar-refractivity contribution < 1.29 is 9.53 Å². The summed E-state index contributed by atoms with van der Waals surface area (Å²) in [4.78, 5) is 13.5. The van der Waals surface area contributed by atoms with Crippen LogP contribution in [0.5, 0.6) is 0 Å². The van der Waals surface area contributed by atoms with Gasteiger partial charge in [-0.2, -0.15) is 0 Å². The van der Waals surface area contributed by atoms with Crippen LogP contribution < -0.4 is 5.32 Å². The quantitative estimate of drug-likeness (QED) is 0.779. The van der Waals surface area contributed by atoms with E-state index in [1.54, 1.807) is 11.3 Å². The molecule has 0 aliphatic heterocycles. The summed E-state index contributed by atoms with van der Waals surface area (Å²) in [6.07, 6.45) is -0.436. The molecule has 0 bridgehead atoms. The largest absolute Gasteiger partial charge is 0.444 e. The summed E-state index contributed by atoms with van der Waals surface area (Å²) in [5.41, 5.74) is -0.470. The van der Waals surface area contributed by atoms with E-state index in [1.165, 1.54) is 4.88 Å². The molecule has 0 radical (unpaired) electrons. The maximum Gasteiger partial charge on any atom is 0.408 e. The van der Waals surface area contributed by atoms with Gasteiger partial charge in [-0.3, -0.25) is 0 Å². The molecule has 1 amide bonds. The molecule has 17 heavy (non-hydrogen) atoms. The van der Waals surface area contributed by atoms with Gasteiger partial charge in [-0.1, -0.05) is 11.8 Å². The highest BCUT2D eigenvalue weighted by molar-refractivity contribution is 7.12. The Morgan fingerprint density at radius 1 is 1.47 bits per heavy atom. The molecule has 0 aromatic carbocycles. The highest BCUT2D eigenvalue weighted by Gasteiger charge is 2.14. The maximum absolute atomic E-state index is 11.3. The molecule has 3 nitrogen and oxygen atoms in total. The number of carbonyl (C=O) groups excluding carboxylic acids is 1. The van der Waals surface area contributed by atoms with E-state index < -0.39 is 11.7 Å². The van der Waals surface area contributed by atoms with Crippen molar-refractivity contribution in [1.82, 2.24) is 5.32 Å². The summed E-state index contributed by atoms with van der Waals surface area (Å²) in [6, 6.07) is 4.00. The first-order valence-corrected chi connectivity index (χ1v) is 6.20. The lowest BCUT2D eigenvalue weighted by Gasteiger charge is -2.18. The first-order valence-electron chi connectivity index (χ1n) is 5.39. The number of ether oxygens (including phenoxy) is 1. The fourth-order valence-electron chi connectivity index (χ4n) is 1.06. The number of carbonyl (C=O) groups is 1. The fourth-order valence-corrected chi connectivity index (χ4v) is 1.81. The van der Waals surface area contributed by atoms with E-state index in [-0.39, 0.29) is 0 Å². The normalized spacial score (nSPS) is 10.4. The van der Waals surface area contributed by atoms with Gasteiger partial charge in [0.15, 0.2) is 0 Å². The third kappa shape index (κ3) is 5.98. The lowest BCUT2D eigenvalue weighted by Crippen LogP contribution is -2.32. The molecule has 0 saturated heterocycles. The number of amides is 1. The lowest BCUT2D eigenvalue weighted by atomic mass is 10.2. The minimum Gasteiger partial charge on any atom is -0.444 e. The molecule has 1 aromatic rings. The third-order valence-electron chi connectivity index (χ3n) is 1.67. The van der Waals surface area contributed by atoms with Crippen LogP contribution in [0, 0.1) is 18.8 Å². The zero-order chi connectivity index (χ0) is 12.9. The summed E-state index contributed by atoms with van der Waals surface area (Å²) < 4.78 is 5.08. The Morgan fingerprint density at radius 2 is 2.18 bits per heavy atom. The van der Waals surface area contributed by atoms with E-state index in [2.05, 4.69) is 17.2 Å². The van der Waals surface area contributed by atoms with Crippen LogP contribution in [0.3, 0.4) is 0 Å². The molecule has 4 heteroatoms. The summed E-state index contributed by atoms with van der Waals surface area (Å²) in [5.74, 6) is 5.86. The summed E-state index contributed by atoms with van der Waals surface area (Å²) in [6.45, 7) is 7.81. The first kappa shape index (κ1) is 13.6. The number of rotatable bonds is 1. The van der Waals surface area contributed by atoms with Crippen molar-refractivity contribution in [3.05, 3.63) is 21.9 Å². The minimum atomic E-state index is -0.470. The van der Waals surface area contributed by atoms with Gasteiger partial charge in [-0.05, 0) is 39.8 Å². The van der Waals surface area contributed by atoms with Crippen LogP contribution in [0.2, 0.25) is 0 Å². The van der Waals surface area contributed by atoms with Gasteiger partial charge in [-0.25, -0.2) is 4.79 Å². The Labute approximate surface area is 106 Å². The average molecular weight is 251 g/mol. The topological polar surface area (TPSA) is 38.3 Å². The summed E-state index contributed by atoms with van der Waals surface area (Å²) >= 11 is 1.64. The Morgan fingerprint density at radius 3 is 2.71 bits per heavy atom. The first-order chi connectivity index (χ1) is 7.87. The van der Waals surface area contributed by atoms with E-state index in [9.17, 15) is 4.79 Å². The molecule has 0 fully saturated rings. The van der Waals surface area contributed by atoms with Crippen molar-refractivity contribution in [2.75, 3.05) is 6.54 Å². The van der Waals surface area contributed by atoms with Crippen molar-refractivity contribution in [3.63, 3.8) is 0 Å². The maximum atomic E-state index is 11.3. The van der Waals surface area contributed by atoms with Crippen molar-refractivity contribution >= 4 is 17.4 Å². The number of alkyl carbamates (subject to hydrolysis) is 1. The van der Waals surface area contributed by atoms with Crippen LogP contribution in [-0.2, 0) is 4.74 Å². The fraction of sp³-hybridized carbons (Fsp3) is 0.462. The second-order valence-electron chi connectivity index (χ2n) is 4.57. The predicted octanol–water partition coefficient (Wildman–Crippen LogP) is 2.93. The number of hydrogen-bond donors (Lipinski definition) is 1. The summed E-state index contributed by atoms with van der Waals surface area (Å²) in [7, 11) is 0. The van der Waals surface area contributed by atoms with Crippen LogP contribution >= 0.6 is 11.3 Å². The van der Waals surface area contributed by atoms with E-state index in [1.807, 2.05) is 39.8 Å². The minimum absolute atomic E-state index is 0.297. The Bertz CT molecular complexity index is 446. The SMILES string of the molecule is Cc1ccc(C#CCNC(=O)OC(C)(C)C)s1. The molecule has 92 valence electrons. The van der Waals surface area contributed by atoms with Crippen LogP contribution in [0.15, 0.2) is 12.1 Å². The second-order valence-corrected chi connectivity index (χ2v) is 5.86. The van der Waals surface area contributed by atoms with E-state index in [0.29, 0.717) is 6.54 Å². The Kier molecular flexibility index (Phi) is 4.59. The Balaban J connectivity index is 2.33. The molecule has 1 heterocycles. The van der Waals surface area contributed by atoms with Gasteiger partial charge in [0.05, 0.1) is 11.4 Å². The van der Waals surface area contributed by atoms with Crippen molar-refractivity contribution in [3.8, 4) is 11.8 Å². The smallest absolute Gasteiger partial charge is 0.408 e. The van der Waals surface area contributed by atoms with Gasteiger partial charge < -0.3 is 10.1 Å². The Hall–Kier alpha value is -1.47. The molecule has 1 rings (SSSR count). The van der Waals surface area contributed by atoms with Crippen molar-refractivity contribution in [2.45, 2.75) is 33.3 Å². The number of nitrogens with one attached hydrogen (secondary N) is 1. The predicted molar refractivity (Wildman–Crippen MR) is 70.2 cm³/mol. The van der Waals surface area contributed by atoms with Gasteiger partial charge in [0, 0.05) is 4.88 Å². The van der Waals surface area contributed by atoms with Gasteiger partial charge in [0.1, 0.15) is 5.60 Å². The van der Waals surface area contributed by atoms with Gasteiger partial charge in [0.25, 0.3) is 0 Å². The van der Waals surface area contributed by atoms with Gasteiger partial charge >= 0.3 is 6.09 Å². The molecule has 1 aromatic heterocycles. The van der Waals surface area contributed by atoms with Crippen LogP contribution in [0.4, 0.5) is 4.79 Å². The highest BCUT2D eigenvalue weighted by atomic mass is 32.1. The number of aryl methyl sites for hydroxylation is 1. The number of thiophene rings is 1. The molecule has 0 aliphatic carbocycles. The van der Waals surface area contributed by atoms with E-state index in [0.717, 1.165) is 4.88 Å². The van der Waals surface area contributed by atoms with Gasteiger partial charge in [-0.15, -0.1) is 11.3 Å². The summed E-state index contributed by atoms with van der Waals surface area (Å²) in [5, 5.41) is 2.59. The number of hydrogen-bond acceptors (Lipinski definition) is 3. The third-order valence-corrected chi connectivity index (χ3v) is 2.59. The van der Waals surface area contributed by atoms with Crippen LogP contribution in [-0.4, -0.2) is 18.2 Å². The molecular formula is C13H17NO2S. The molecule has 0 aliphatic rings. The molecule has 1 N–H and O–H groups in total. The lowest BCUT2D eigenvalue weighted by molar-refractivity contribution is 0.0535. The average Bonchev–Trinajstić information content (AvgIpc) is 2.56. The molecule has 0 spiro atoms.